The zero-order chi connectivity index (χ0) is 21.8. The van der Waals surface area contributed by atoms with Gasteiger partial charge < -0.3 is 9.32 Å². The second kappa shape index (κ2) is 7.37. The number of carbonyl (C=O) groups excluding carboxylic acids is 1. The van der Waals surface area contributed by atoms with E-state index in [1.807, 2.05) is 42.2 Å². The maximum atomic E-state index is 13.1. The maximum Gasteiger partial charge on any atom is 0.253 e. The number of hydrogen-bond acceptors (Lipinski definition) is 5. The number of hydrogen-bond donors (Lipinski definition) is 0. The third kappa shape index (κ3) is 3.59. The van der Waals surface area contributed by atoms with E-state index in [1.165, 1.54) is 10.6 Å². The number of fused-ring (bicyclic) bond motifs is 2. The summed E-state index contributed by atoms with van der Waals surface area (Å²) in [6, 6.07) is 13.0. The molecule has 5 rings (SSSR count). The number of likely N-dealkylation sites (tertiary alicyclic amines) is 1. The van der Waals surface area contributed by atoms with Gasteiger partial charge in [-0.2, -0.15) is 0 Å². The van der Waals surface area contributed by atoms with Gasteiger partial charge in [-0.1, -0.05) is 12.1 Å². The lowest BCUT2D eigenvalue weighted by Crippen LogP contribution is -2.38. The number of benzene rings is 2. The molecule has 1 unspecified atom stereocenters. The third-order valence-corrected chi connectivity index (χ3v) is 7.55. The minimum atomic E-state index is -3.34. The summed E-state index contributed by atoms with van der Waals surface area (Å²) in [5, 5.41) is 0. The van der Waals surface area contributed by atoms with Gasteiger partial charge in [0.1, 0.15) is 5.52 Å². The van der Waals surface area contributed by atoms with Gasteiger partial charge >= 0.3 is 0 Å². The van der Waals surface area contributed by atoms with Crippen LogP contribution in [0.25, 0.3) is 11.1 Å². The van der Waals surface area contributed by atoms with Crippen LogP contribution in [-0.4, -0.2) is 49.6 Å². The highest BCUT2D eigenvalue weighted by Crippen LogP contribution is 2.35. The van der Waals surface area contributed by atoms with Gasteiger partial charge in [-0.3, -0.25) is 9.10 Å². The first-order valence-corrected chi connectivity index (χ1v) is 12.4. The summed E-state index contributed by atoms with van der Waals surface area (Å²) in [7, 11) is -3.34. The Bertz CT molecular complexity index is 1230. The molecule has 2 aliphatic heterocycles. The average molecular weight is 440 g/mol. The van der Waals surface area contributed by atoms with Crippen molar-refractivity contribution in [3.8, 4) is 0 Å². The molecule has 1 amide bonds. The molecule has 2 aromatic carbocycles. The fourth-order valence-electron chi connectivity index (χ4n) is 4.82. The number of rotatable bonds is 3. The van der Waals surface area contributed by atoms with E-state index in [0.717, 1.165) is 35.4 Å². The molecule has 0 bridgehead atoms. The Morgan fingerprint density at radius 2 is 1.87 bits per heavy atom. The first-order chi connectivity index (χ1) is 14.8. The molecule has 1 fully saturated rings. The molecular formula is C23H25N3O4S. The molecule has 7 nitrogen and oxygen atoms in total. The van der Waals surface area contributed by atoms with Crippen LogP contribution in [0.15, 0.2) is 46.9 Å². The van der Waals surface area contributed by atoms with E-state index in [2.05, 4.69) is 4.98 Å². The van der Waals surface area contributed by atoms with E-state index in [0.29, 0.717) is 30.8 Å². The van der Waals surface area contributed by atoms with Crippen molar-refractivity contribution < 1.29 is 17.6 Å². The summed E-state index contributed by atoms with van der Waals surface area (Å²) in [4.78, 5) is 19.6. The van der Waals surface area contributed by atoms with Gasteiger partial charge in [-0.25, -0.2) is 13.4 Å². The highest BCUT2D eigenvalue weighted by molar-refractivity contribution is 7.92. The van der Waals surface area contributed by atoms with Crippen LogP contribution >= 0.6 is 0 Å². The van der Waals surface area contributed by atoms with Crippen LogP contribution in [0.2, 0.25) is 0 Å². The van der Waals surface area contributed by atoms with Gasteiger partial charge in [0.25, 0.3) is 5.91 Å². The zero-order valence-electron chi connectivity index (χ0n) is 17.6. The van der Waals surface area contributed by atoms with Gasteiger partial charge in [0.15, 0.2) is 11.5 Å². The van der Waals surface area contributed by atoms with E-state index in [1.54, 1.807) is 12.1 Å². The van der Waals surface area contributed by atoms with Crippen molar-refractivity contribution in [2.75, 3.05) is 23.7 Å². The lowest BCUT2D eigenvalue weighted by Gasteiger charge is -2.30. The Morgan fingerprint density at radius 1 is 1.13 bits per heavy atom. The summed E-state index contributed by atoms with van der Waals surface area (Å²) in [5.41, 5.74) is 3.87. The first kappa shape index (κ1) is 20.1. The molecule has 0 N–H and O–H groups in total. The van der Waals surface area contributed by atoms with E-state index in [-0.39, 0.29) is 17.9 Å². The monoisotopic (exact) mass is 439 g/mol. The molecule has 0 radical (unpaired) electrons. The molecule has 3 heterocycles. The third-order valence-electron chi connectivity index (χ3n) is 6.28. The minimum Gasteiger partial charge on any atom is -0.440 e. The number of sulfonamides is 1. The molecule has 1 saturated heterocycles. The highest BCUT2D eigenvalue weighted by Gasteiger charge is 2.34. The molecule has 8 heteroatoms. The highest BCUT2D eigenvalue weighted by atomic mass is 32.2. The molecule has 1 atom stereocenters. The summed E-state index contributed by atoms with van der Waals surface area (Å²) >= 11 is 0. The van der Waals surface area contributed by atoms with E-state index in [4.69, 9.17) is 4.42 Å². The van der Waals surface area contributed by atoms with Crippen LogP contribution in [-0.2, 0) is 16.4 Å². The van der Waals surface area contributed by atoms with Crippen LogP contribution in [0.4, 0.5) is 5.69 Å². The lowest BCUT2D eigenvalue weighted by molar-refractivity contribution is 0.0706. The van der Waals surface area contributed by atoms with Crippen molar-refractivity contribution in [1.82, 2.24) is 9.88 Å². The van der Waals surface area contributed by atoms with Gasteiger partial charge in [0.2, 0.25) is 10.0 Å². The van der Waals surface area contributed by atoms with Crippen molar-refractivity contribution in [2.24, 2.45) is 0 Å². The Hall–Kier alpha value is -2.87. The predicted molar refractivity (Wildman–Crippen MR) is 119 cm³/mol. The van der Waals surface area contributed by atoms with Gasteiger partial charge in [-0.05, 0) is 62.1 Å². The normalized spacial score (nSPS) is 19.7. The van der Waals surface area contributed by atoms with Crippen LogP contribution < -0.4 is 4.31 Å². The second-order valence-electron chi connectivity index (χ2n) is 8.54. The van der Waals surface area contributed by atoms with E-state index >= 15 is 0 Å². The molecule has 1 aromatic heterocycles. The van der Waals surface area contributed by atoms with Crippen molar-refractivity contribution in [1.29, 1.82) is 0 Å². The number of aromatic nitrogens is 1. The topological polar surface area (TPSA) is 83.7 Å². The van der Waals surface area contributed by atoms with Crippen molar-refractivity contribution in [3.63, 3.8) is 0 Å². The quantitative estimate of drug-likeness (QED) is 0.623. The average Bonchev–Trinajstić information content (AvgIpc) is 3.32. The largest absolute Gasteiger partial charge is 0.440 e. The van der Waals surface area contributed by atoms with Crippen LogP contribution in [0.5, 0.6) is 0 Å². The van der Waals surface area contributed by atoms with Crippen LogP contribution in [0.3, 0.4) is 0 Å². The summed E-state index contributed by atoms with van der Waals surface area (Å²) in [6.45, 7) is 3.18. The SMILES string of the molecule is CC1Cc2cc(C(=O)N3CCC(c4nc5ccccc5o4)CC3)ccc2N1S(C)(=O)=O. The number of anilines is 1. The Kier molecular flexibility index (Phi) is 4.77. The van der Waals surface area contributed by atoms with E-state index < -0.39 is 10.0 Å². The minimum absolute atomic E-state index is 0.00993. The molecule has 0 spiro atoms. The number of nitrogens with zero attached hydrogens (tertiary/aromatic N) is 3. The Morgan fingerprint density at radius 3 is 2.58 bits per heavy atom. The molecule has 31 heavy (non-hydrogen) atoms. The van der Waals surface area contributed by atoms with Crippen LogP contribution in [0, 0.1) is 0 Å². The molecule has 3 aromatic rings. The van der Waals surface area contributed by atoms with Crippen molar-refractivity contribution >= 4 is 32.7 Å². The molecular weight excluding hydrogens is 414 g/mol. The molecule has 0 aliphatic carbocycles. The standard InChI is InChI=1S/C23H25N3O4S/c1-15-13-18-14-17(7-8-20(18)26(15)31(2,28)29)23(27)25-11-9-16(10-12-25)22-24-19-5-3-4-6-21(19)30-22/h3-8,14-16H,9-13H2,1-2H3. The smallest absolute Gasteiger partial charge is 0.253 e. The van der Waals surface area contributed by atoms with Crippen LogP contribution in [0.1, 0.15) is 47.5 Å². The maximum absolute atomic E-state index is 13.1. The zero-order valence-corrected chi connectivity index (χ0v) is 18.4. The summed E-state index contributed by atoms with van der Waals surface area (Å²) < 4.78 is 31.6. The second-order valence-corrected chi connectivity index (χ2v) is 10.4. The predicted octanol–water partition coefficient (Wildman–Crippen LogP) is 3.56. The lowest BCUT2D eigenvalue weighted by atomic mass is 9.96. The summed E-state index contributed by atoms with van der Waals surface area (Å²) in [6.07, 6.45) is 3.45. The number of amides is 1. The first-order valence-electron chi connectivity index (χ1n) is 10.6. The molecule has 0 saturated carbocycles. The van der Waals surface area contributed by atoms with Gasteiger partial charge in [0.05, 0.1) is 11.9 Å². The fraction of sp³-hybridized carbons (Fsp3) is 0.391. The number of piperidine rings is 1. The summed E-state index contributed by atoms with van der Waals surface area (Å²) in [5.74, 6) is 0.950. The number of carbonyl (C=O) groups is 1. The number of oxazole rings is 1. The van der Waals surface area contributed by atoms with E-state index in [9.17, 15) is 13.2 Å². The number of para-hydroxylation sites is 2. The van der Waals surface area contributed by atoms with Crippen molar-refractivity contribution in [3.05, 3.63) is 59.5 Å². The Balaban J connectivity index is 1.29. The van der Waals surface area contributed by atoms with Gasteiger partial charge in [-0.15, -0.1) is 0 Å². The van der Waals surface area contributed by atoms with Crippen molar-refractivity contribution in [2.45, 2.75) is 38.1 Å². The fourth-order valence-corrected chi connectivity index (χ4v) is 6.08. The van der Waals surface area contributed by atoms with Gasteiger partial charge in [0, 0.05) is 30.6 Å². The molecule has 2 aliphatic rings. The Labute approximate surface area is 181 Å². The molecule has 162 valence electrons.